The van der Waals surface area contributed by atoms with Gasteiger partial charge in [-0.05, 0) is 31.0 Å². The molecule has 148 valence electrons. The molecule has 1 aromatic heterocycles. The molecule has 1 saturated heterocycles. The van der Waals surface area contributed by atoms with Gasteiger partial charge in [-0.25, -0.2) is 4.79 Å². The van der Waals surface area contributed by atoms with Crippen LogP contribution in [0.5, 0.6) is 0 Å². The zero-order valence-electron chi connectivity index (χ0n) is 17.4. The molecular weight excluding hydrogens is 348 g/mol. The van der Waals surface area contributed by atoms with Crippen molar-refractivity contribution >= 4 is 8.32 Å². The van der Waals surface area contributed by atoms with E-state index in [2.05, 4.69) is 59.6 Å². The minimum absolute atomic E-state index is 0.0525. The van der Waals surface area contributed by atoms with Crippen LogP contribution in [0, 0.1) is 5.92 Å². The van der Waals surface area contributed by atoms with Crippen LogP contribution in [0.15, 0.2) is 21.9 Å². The fourth-order valence-electron chi connectivity index (χ4n) is 3.54. The molecule has 1 aromatic rings. The Morgan fingerprint density at radius 2 is 1.85 bits per heavy atom. The van der Waals surface area contributed by atoms with E-state index in [1.165, 1.54) is 16.8 Å². The Hall–Kier alpha value is -1.18. The van der Waals surface area contributed by atoms with Crippen LogP contribution in [0.2, 0.25) is 18.1 Å². The van der Waals surface area contributed by atoms with Crippen LogP contribution in [-0.2, 0) is 9.16 Å². The zero-order valence-corrected chi connectivity index (χ0v) is 18.4. The lowest BCUT2D eigenvalue weighted by Gasteiger charge is -2.41. The number of aromatic nitrogens is 2. The molecule has 0 unspecified atom stereocenters. The Balaban J connectivity index is 2.52. The first-order valence-corrected chi connectivity index (χ1v) is 12.5. The maximum atomic E-state index is 12.4. The summed E-state index contributed by atoms with van der Waals surface area (Å²) in [4.78, 5) is 26.2. The third-order valence-corrected chi connectivity index (χ3v) is 11.0. The van der Waals surface area contributed by atoms with Crippen LogP contribution >= 0.6 is 0 Å². The van der Waals surface area contributed by atoms with Gasteiger partial charge in [0.25, 0.3) is 5.56 Å². The van der Waals surface area contributed by atoms with Gasteiger partial charge >= 0.3 is 5.69 Å². The van der Waals surface area contributed by atoms with E-state index in [1.807, 2.05) is 0 Å². The fourth-order valence-corrected chi connectivity index (χ4v) is 4.90. The van der Waals surface area contributed by atoms with Gasteiger partial charge in [0.1, 0.15) is 0 Å². The molecule has 6 nitrogen and oxygen atoms in total. The second-order valence-corrected chi connectivity index (χ2v) is 13.7. The molecule has 26 heavy (non-hydrogen) atoms. The molecule has 2 rings (SSSR count). The number of nitrogens with zero attached hydrogens (tertiary/aromatic N) is 1. The summed E-state index contributed by atoms with van der Waals surface area (Å²) in [5.41, 5.74) is -1.20. The molecular formula is C19H34N2O4Si. The third-order valence-electron chi connectivity index (χ3n) is 6.52. The van der Waals surface area contributed by atoms with Gasteiger partial charge in [-0.1, -0.05) is 41.5 Å². The molecule has 1 N–H and O–H groups in total. The predicted molar refractivity (Wildman–Crippen MR) is 106 cm³/mol. The topological polar surface area (TPSA) is 73.3 Å². The van der Waals surface area contributed by atoms with Gasteiger partial charge in [0.2, 0.25) is 0 Å². The maximum absolute atomic E-state index is 12.4. The van der Waals surface area contributed by atoms with Gasteiger partial charge in [0, 0.05) is 18.2 Å². The summed E-state index contributed by atoms with van der Waals surface area (Å²) in [5, 5.41) is 0.0525. The van der Waals surface area contributed by atoms with Crippen LogP contribution in [-0.4, -0.2) is 29.6 Å². The Morgan fingerprint density at radius 3 is 2.31 bits per heavy atom. The number of nitrogens with one attached hydrogen (secondary N) is 1. The van der Waals surface area contributed by atoms with Crippen molar-refractivity contribution < 1.29 is 9.16 Å². The smallest absolute Gasteiger partial charge is 0.330 e. The lowest BCUT2D eigenvalue weighted by Crippen LogP contribution is -2.48. The SMILES string of the molecule is CCC1(CC)O[C@@H](n2ccc(=O)[nH]c2=O)[C@H](O[Si](C)(C)C(C)(C)C)[C@@H]1C. The standard InChI is InChI=1S/C19H34N2O4Si/c1-9-19(10-2)13(3)15(25-26(7,8)18(4,5)6)16(24-19)21-12-11-14(22)20-17(21)23/h11-13,15-16H,9-10H2,1-8H3,(H,20,22,23)/t13-,15+,16+/m0/s1. The van der Waals surface area contributed by atoms with Crippen molar-refractivity contribution in [3.8, 4) is 0 Å². The molecule has 0 radical (unpaired) electrons. The average Bonchev–Trinajstić information content (AvgIpc) is 2.79. The first kappa shape index (κ1) is 21.1. The van der Waals surface area contributed by atoms with Crippen LogP contribution in [0.25, 0.3) is 0 Å². The van der Waals surface area contributed by atoms with Crippen LogP contribution < -0.4 is 11.2 Å². The highest BCUT2D eigenvalue weighted by Crippen LogP contribution is 2.49. The van der Waals surface area contributed by atoms with Crippen LogP contribution in [0.3, 0.4) is 0 Å². The van der Waals surface area contributed by atoms with Gasteiger partial charge < -0.3 is 9.16 Å². The molecule has 0 aliphatic carbocycles. The summed E-state index contributed by atoms with van der Waals surface area (Å²) >= 11 is 0. The third kappa shape index (κ3) is 3.61. The van der Waals surface area contributed by atoms with Crippen molar-refractivity contribution in [2.45, 2.75) is 90.4 Å². The van der Waals surface area contributed by atoms with E-state index in [4.69, 9.17) is 9.16 Å². The molecule has 7 heteroatoms. The van der Waals surface area contributed by atoms with Crippen molar-refractivity contribution in [2.75, 3.05) is 0 Å². The number of hydrogen-bond donors (Lipinski definition) is 1. The van der Waals surface area contributed by atoms with Crippen LogP contribution in [0.4, 0.5) is 0 Å². The molecule has 1 fully saturated rings. The highest BCUT2D eigenvalue weighted by molar-refractivity contribution is 6.74. The van der Waals surface area contributed by atoms with Crippen molar-refractivity contribution in [3.05, 3.63) is 33.1 Å². The summed E-state index contributed by atoms with van der Waals surface area (Å²) in [6.45, 7) is 17.4. The Bertz CT molecular complexity index is 743. The zero-order chi connectivity index (χ0) is 19.9. The molecule has 1 aliphatic rings. The fraction of sp³-hybridized carbons (Fsp3) is 0.789. The number of hydrogen-bond acceptors (Lipinski definition) is 4. The maximum Gasteiger partial charge on any atom is 0.330 e. The summed E-state index contributed by atoms with van der Waals surface area (Å²) in [6, 6.07) is 1.36. The number of ether oxygens (including phenoxy) is 1. The van der Waals surface area contributed by atoms with Crippen molar-refractivity contribution in [2.24, 2.45) is 5.92 Å². The molecule has 0 bridgehead atoms. The molecule has 3 atom stereocenters. The minimum Gasteiger partial charge on any atom is -0.409 e. The summed E-state index contributed by atoms with van der Waals surface area (Å²) in [5.74, 6) is 0.135. The second-order valence-electron chi connectivity index (χ2n) is 8.93. The van der Waals surface area contributed by atoms with Gasteiger partial charge in [-0.3, -0.25) is 14.3 Å². The first-order chi connectivity index (χ1) is 11.9. The van der Waals surface area contributed by atoms with E-state index in [0.717, 1.165) is 12.8 Å². The minimum atomic E-state index is -2.07. The molecule has 0 saturated carbocycles. The Morgan fingerprint density at radius 1 is 1.27 bits per heavy atom. The van der Waals surface area contributed by atoms with Gasteiger partial charge in [0.05, 0.1) is 11.7 Å². The summed E-state index contributed by atoms with van der Waals surface area (Å²) < 4.78 is 14.7. The Labute approximate surface area is 157 Å². The number of aromatic amines is 1. The average molecular weight is 383 g/mol. The molecule has 0 aromatic carbocycles. The van der Waals surface area contributed by atoms with E-state index in [-0.39, 0.29) is 22.7 Å². The van der Waals surface area contributed by atoms with E-state index < -0.39 is 25.8 Å². The van der Waals surface area contributed by atoms with Gasteiger partial charge in [-0.2, -0.15) is 0 Å². The lowest BCUT2D eigenvalue weighted by atomic mass is 9.83. The molecule has 1 aliphatic heterocycles. The van der Waals surface area contributed by atoms with E-state index in [1.54, 1.807) is 0 Å². The predicted octanol–water partition coefficient (Wildman–Crippen LogP) is 3.65. The van der Waals surface area contributed by atoms with E-state index >= 15 is 0 Å². The highest BCUT2D eigenvalue weighted by Gasteiger charge is 2.54. The normalized spacial score (nSPS) is 26.2. The quantitative estimate of drug-likeness (QED) is 0.789. The summed E-state index contributed by atoms with van der Waals surface area (Å²) in [6.07, 6.45) is 2.43. The van der Waals surface area contributed by atoms with E-state index in [9.17, 15) is 9.59 Å². The molecule has 2 heterocycles. The van der Waals surface area contributed by atoms with Gasteiger partial charge in [-0.15, -0.1) is 0 Å². The molecule has 0 amide bonds. The second kappa shape index (κ2) is 7.09. The van der Waals surface area contributed by atoms with Crippen molar-refractivity contribution in [1.29, 1.82) is 0 Å². The number of rotatable bonds is 5. The monoisotopic (exact) mass is 382 g/mol. The van der Waals surface area contributed by atoms with Crippen molar-refractivity contribution in [3.63, 3.8) is 0 Å². The molecule has 0 spiro atoms. The summed E-state index contributed by atoms with van der Waals surface area (Å²) in [7, 11) is -2.07. The highest BCUT2D eigenvalue weighted by atomic mass is 28.4. The first-order valence-electron chi connectivity index (χ1n) is 9.55. The van der Waals surface area contributed by atoms with Crippen LogP contribution in [0.1, 0.15) is 60.6 Å². The van der Waals surface area contributed by atoms with E-state index in [0.29, 0.717) is 0 Å². The van der Waals surface area contributed by atoms with Crippen molar-refractivity contribution in [1.82, 2.24) is 9.55 Å². The lowest BCUT2D eigenvalue weighted by molar-refractivity contribution is -0.0970. The number of H-pyrrole nitrogens is 1. The largest absolute Gasteiger partial charge is 0.409 e. The van der Waals surface area contributed by atoms with Gasteiger partial charge in [0.15, 0.2) is 14.5 Å². The Kier molecular flexibility index (Phi) is 5.76.